The molecule has 1 N–H and O–H groups in total. The number of amides is 1. The first-order valence-corrected chi connectivity index (χ1v) is 15.3. The van der Waals surface area contributed by atoms with Crippen LogP contribution in [-0.4, -0.2) is 53.9 Å². The number of esters is 1. The number of benzene rings is 1. The molecule has 3 atom stereocenters. The topological polar surface area (TPSA) is 119 Å². The third kappa shape index (κ3) is 5.77. The number of β-lactam (4-membered cyclic amide) rings is 1. The minimum absolute atomic E-state index is 0.0480. The zero-order valence-corrected chi connectivity index (χ0v) is 21.8. The van der Waals surface area contributed by atoms with Gasteiger partial charge in [0.05, 0.1) is 29.6 Å². The van der Waals surface area contributed by atoms with Gasteiger partial charge in [0.25, 0.3) is 5.69 Å². The molecule has 3 rings (SSSR count). The van der Waals surface area contributed by atoms with Crippen LogP contribution in [0.3, 0.4) is 0 Å². The molecule has 1 aromatic carbocycles. The second kappa shape index (κ2) is 10.4. The molecule has 2 heterocycles. The molecule has 34 heavy (non-hydrogen) atoms. The summed E-state index contributed by atoms with van der Waals surface area (Å²) < 4.78 is 11.7. The second-order valence-corrected chi connectivity index (χ2v) is 15.1. The van der Waals surface area contributed by atoms with Crippen molar-refractivity contribution < 1.29 is 28.8 Å². The molecule has 0 unspecified atom stereocenters. The van der Waals surface area contributed by atoms with Gasteiger partial charge in [-0.1, -0.05) is 11.8 Å². The number of non-ortho nitro benzene ring substituents is 1. The van der Waals surface area contributed by atoms with Crippen molar-refractivity contribution in [2.24, 2.45) is 5.92 Å². The van der Waals surface area contributed by atoms with Gasteiger partial charge in [-0.05, 0) is 62.2 Å². The number of aliphatic hydroxyl groups is 1. The van der Waals surface area contributed by atoms with Gasteiger partial charge in [-0.15, -0.1) is 0 Å². The van der Waals surface area contributed by atoms with Gasteiger partial charge in [0.2, 0.25) is 5.91 Å². The Kier molecular flexibility index (Phi) is 8.01. The first-order valence-electron chi connectivity index (χ1n) is 11.0. The molecule has 0 saturated carbocycles. The molecule has 1 fully saturated rings. The Morgan fingerprint density at radius 1 is 1.35 bits per heavy atom. The summed E-state index contributed by atoms with van der Waals surface area (Å²) in [6.07, 6.45) is 1.90. The molecule has 0 radical (unpaired) electrons. The molecule has 0 aliphatic carbocycles. The van der Waals surface area contributed by atoms with Gasteiger partial charge in [0.1, 0.15) is 12.3 Å². The van der Waals surface area contributed by atoms with Crippen LogP contribution in [-0.2, 0) is 25.4 Å². The van der Waals surface area contributed by atoms with Crippen LogP contribution in [0.15, 0.2) is 45.8 Å². The van der Waals surface area contributed by atoms with Gasteiger partial charge in [0.15, 0.2) is 8.32 Å². The number of rotatable bonds is 10. The van der Waals surface area contributed by atoms with Crippen molar-refractivity contribution >= 4 is 37.6 Å². The largest absolute Gasteiger partial charge is 0.456 e. The molecule has 9 nitrogen and oxygen atoms in total. The first kappa shape index (κ1) is 26.1. The van der Waals surface area contributed by atoms with Gasteiger partial charge in [-0.2, -0.15) is 0 Å². The number of ether oxygens (including phenoxy) is 1. The number of thioether (sulfide) groups is 1. The van der Waals surface area contributed by atoms with Crippen LogP contribution >= 0.6 is 11.8 Å². The van der Waals surface area contributed by atoms with Gasteiger partial charge in [0, 0.05) is 23.5 Å². The number of allylic oxidation sites excluding steroid dienone is 1. The summed E-state index contributed by atoms with van der Waals surface area (Å²) >= 11 is 1.35. The van der Waals surface area contributed by atoms with Crippen molar-refractivity contribution in [2.45, 2.75) is 58.7 Å². The lowest BCUT2D eigenvalue weighted by molar-refractivity contribution is -0.384. The Morgan fingerprint density at radius 3 is 2.56 bits per heavy atom. The molecule has 11 heteroatoms. The SMILES string of the molecule is C/C(=C\CO)SC1=C(C(=O)OCc2ccc([N+](=O)[O-])cc2)N2C(=O)[C@@H]([C@H](C)O[Si](C)(C)C)[C@H]2C1. The number of hydrogen-bond donors (Lipinski definition) is 1. The summed E-state index contributed by atoms with van der Waals surface area (Å²) in [6, 6.07) is 5.58. The Morgan fingerprint density at radius 2 is 2.00 bits per heavy atom. The van der Waals surface area contributed by atoms with E-state index in [1.54, 1.807) is 6.08 Å². The molecule has 0 spiro atoms. The van der Waals surface area contributed by atoms with Crippen LogP contribution < -0.4 is 0 Å². The normalized spacial score (nSPS) is 21.3. The van der Waals surface area contributed by atoms with Crippen LogP contribution in [0, 0.1) is 16.0 Å². The van der Waals surface area contributed by atoms with Crippen molar-refractivity contribution in [3.63, 3.8) is 0 Å². The van der Waals surface area contributed by atoms with E-state index in [2.05, 4.69) is 19.6 Å². The van der Waals surface area contributed by atoms with E-state index in [-0.39, 0.29) is 48.6 Å². The van der Waals surface area contributed by atoms with Crippen LogP contribution in [0.5, 0.6) is 0 Å². The monoisotopic (exact) mass is 506 g/mol. The molecule has 2 aliphatic rings. The Balaban J connectivity index is 1.78. The van der Waals surface area contributed by atoms with Crippen molar-refractivity contribution in [3.05, 3.63) is 61.5 Å². The van der Waals surface area contributed by atoms with E-state index in [1.807, 2.05) is 13.8 Å². The lowest BCUT2D eigenvalue weighted by Gasteiger charge is -2.47. The molecule has 1 amide bonds. The van der Waals surface area contributed by atoms with Crippen LogP contribution in [0.4, 0.5) is 5.69 Å². The van der Waals surface area contributed by atoms with Gasteiger partial charge >= 0.3 is 5.97 Å². The molecule has 1 aromatic rings. The summed E-state index contributed by atoms with van der Waals surface area (Å²) in [6.45, 7) is 9.76. The molecular weight excluding hydrogens is 476 g/mol. The third-order valence-electron chi connectivity index (χ3n) is 5.59. The Bertz CT molecular complexity index is 1030. The lowest BCUT2D eigenvalue weighted by Crippen LogP contribution is -2.63. The van der Waals surface area contributed by atoms with E-state index < -0.39 is 19.2 Å². The van der Waals surface area contributed by atoms with Crippen LogP contribution in [0.1, 0.15) is 25.8 Å². The summed E-state index contributed by atoms with van der Waals surface area (Å²) in [5.41, 5.74) is 0.779. The standard InChI is InChI=1S/C23H30N2O7SSi/c1-14(10-11-26)33-19-12-18-20(15(2)32-34(3,4)5)22(27)24(18)21(19)23(28)31-13-16-6-8-17(9-7-16)25(29)30/h6-10,15,18,20,26H,11-13H2,1-5H3/b14-10+/t15-,18+,20-/m0/s1. The Labute approximate surface area is 204 Å². The summed E-state index contributed by atoms with van der Waals surface area (Å²) in [5, 5.41) is 20.0. The highest BCUT2D eigenvalue weighted by molar-refractivity contribution is 8.06. The summed E-state index contributed by atoms with van der Waals surface area (Å²) in [4.78, 5) is 39.6. The van der Waals surface area contributed by atoms with Crippen LogP contribution in [0.2, 0.25) is 19.6 Å². The predicted octanol–water partition coefficient (Wildman–Crippen LogP) is 3.95. The number of fused-ring (bicyclic) bond motifs is 1. The number of nitrogens with zero attached hydrogens (tertiary/aromatic N) is 2. The number of carbonyl (C=O) groups is 2. The maximum Gasteiger partial charge on any atom is 0.356 e. The van der Waals surface area contributed by atoms with Gasteiger partial charge in [-0.25, -0.2) is 4.79 Å². The molecule has 0 aromatic heterocycles. The minimum Gasteiger partial charge on any atom is -0.456 e. The van der Waals surface area contributed by atoms with E-state index in [4.69, 9.17) is 9.16 Å². The van der Waals surface area contributed by atoms with E-state index in [0.29, 0.717) is 12.0 Å². The number of aliphatic hydroxyl groups excluding tert-OH is 1. The average molecular weight is 507 g/mol. The molecule has 0 bridgehead atoms. The minimum atomic E-state index is -1.85. The Hall–Kier alpha value is -2.47. The summed E-state index contributed by atoms with van der Waals surface area (Å²) in [7, 11) is -1.85. The highest BCUT2D eigenvalue weighted by atomic mass is 32.2. The average Bonchev–Trinajstić information content (AvgIpc) is 3.05. The van der Waals surface area contributed by atoms with Crippen LogP contribution in [0.25, 0.3) is 0 Å². The fraction of sp³-hybridized carbons (Fsp3) is 0.478. The van der Waals surface area contributed by atoms with E-state index in [0.717, 1.165) is 9.81 Å². The third-order valence-corrected chi connectivity index (χ3v) is 7.76. The molecule has 1 saturated heterocycles. The maximum atomic E-state index is 13.1. The van der Waals surface area contributed by atoms with Crippen molar-refractivity contribution in [2.75, 3.05) is 6.61 Å². The fourth-order valence-corrected chi connectivity index (χ4v) is 6.57. The zero-order chi connectivity index (χ0) is 25.2. The van der Waals surface area contributed by atoms with E-state index in [9.17, 15) is 24.8 Å². The lowest BCUT2D eigenvalue weighted by atomic mass is 9.83. The van der Waals surface area contributed by atoms with Gasteiger partial charge < -0.3 is 19.2 Å². The second-order valence-electron chi connectivity index (χ2n) is 9.31. The van der Waals surface area contributed by atoms with Crippen molar-refractivity contribution in [1.82, 2.24) is 4.90 Å². The van der Waals surface area contributed by atoms with E-state index in [1.165, 1.54) is 40.9 Å². The number of nitro benzene ring substituents is 1. The highest BCUT2D eigenvalue weighted by Crippen LogP contribution is 2.49. The van der Waals surface area contributed by atoms with Gasteiger partial charge in [-0.3, -0.25) is 14.9 Å². The summed E-state index contributed by atoms with van der Waals surface area (Å²) in [5.74, 6) is -1.10. The number of carbonyl (C=O) groups excluding carboxylic acids is 2. The van der Waals surface area contributed by atoms with E-state index >= 15 is 0 Å². The smallest absolute Gasteiger partial charge is 0.356 e. The molecular formula is C23H30N2O7SSi. The molecule has 184 valence electrons. The first-order chi connectivity index (χ1) is 15.9. The zero-order valence-electron chi connectivity index (χ0n) is 19.9. The number of nitro groups is 1. The van der Waals surface area contributed by atoms with Crippen molar-refractivity contribution in [3.8, 4) is 0 Å². The fourth-order valence-electron chi connectivity index (χ4n) is 4.22. The predicted molar refractivity (Wildman–Crippen MR) is 131 cm³/mol. The maximum absolute atomic E-state index is 13.1. The number of hydrogen-bond acceptors (Lipinski definition) is 8. The molecule has 2 aliphatic heterocycles. The van der Waals surface area contributed by atoms with Crippen molar-refractivity contribution in [1.29, 1.82) is 0 Å². The highest BCUT2D eigenvalue weighted by Gasteiger charge is 2.57. The quantitative estimate of drug-likeness (QED) is 0.167.